The molecule has 4 aromatic rings. The Morgan fingerprint density at radius 1 is 0.629 bits per heavy atom. The smallest absolute Gasteiger partial charge is 0.332 e. The molecule has 0 saturated carbocycles. The van der Waals surface area contributed by atoms with Crippen molar-refractivity contribution in [3.63, 3.8) is 0 Å². The summed E-state index contributed by atoms with van der Waals surface area (Å²) in [6, 6.07) is 0. The van der Waals surface area contributed by atoms with E-state index in [0.717, 1.165) is 9.13 Å². The van der Waals surface area contributed by atoms with Gasteiger partial charge in [-0.15, -0.1) is 0 Å². The molecule has 0 unspecified atom stereocenters. The van der Waals surface area contributed by atoms with Crippen LogP contribution in [0.1, 0.15) is 6.42 Å². The summed E-state index contributed by atoms with van der Waals surface area (Å²) in [6.07, 6.45) is 3.73. The Labute approximate surface area is 198 Å². The van der Waals surface area contributed by atoms with E-state index in [-0.39, 0.29) is 11.1 Å². The predicted octanol–water partition coefficient (Wildman–Crippen LogP) is -1.70. The first-order valence-corrected chi connectivity index (χ1v) is 11.1. The summed E-state index contributed by atoms with van der Waals surface area (Å²) in [5.41, 5.74) is -0.197. The molecular formula is C21H28N8O6. The van der Waals surface area contributed by atoms with Crippen LogP contribution >= 0.6 is 0 Å². The SMILES string of the molecule is Cn1c(=O)c2c(ncn2CCOCCCOCCn2cnc3c2c(=O)n(C)c(=O)n3C)n(C)c1=O. The first-order chi connectivity index (χ1) is 16.7. The Morgan fingerprint density at radius 3 is 1.43 bits per heavy atom. The van der Waals surface area contributed by atoms with E-state index >= 15 is 0 Å². The van der Waals surface area contributed by atoms with Crippen LogP contribution in [-0.2, 0) is 50.8 Å². The van der Waals surface area contributed by atoms with Crippen LogP contribution in [0.15, 0.2) is 31.8 Å². The van der Waals surface area contributed by atoms with Gasteiger partial charge in [0.15, 0.2) is 22.3 Å². The molecular weight excluding hydrogens is 460 g/mol. The van der Waals surface area contributed by atoms with Crippen LogP contribution in [-0.4, -0.2) is 63.8 Å². The number of aryl methyl sites for hydroxylation is 2. The van der Waals surface area contributed by atoms with Crippen molar-refractivity contribution in [2.24, 2.45) is 28.2 Å². The Morgan fingerprint density at radius 2 is 1.03 bits per heavy atom. The highest BCUT2D eigenvalue weighted by molar-refractivity contribution is 5.70. The number of aromatic nitrogens is 8. The summed E-state index contributed by atoms with van der Waals surface area (Å²) < 4.78 is 19.5. The normalized spacial score (nSPS) is 11.8. The fraction of sp³-hybridized carbons (Fsp3) is 0.524. The highest BCUT2D eigenvalue weighted by atomic mass is 16.5. The summed E-state index contributed by atoms with van der Waals surface area (Å²) in [5.74, 6) is 0. The summed E-state index contributed by atoms with van der Waals surface area (Å²) >= 11 is 0. The lowest BCUT2D eigenvalue weighted by molar-refractivity contribution is 0.0770. The van der Waals surface area contributed by atoms with Crippen molar-refractivity contribution >= 4 is 22.3 Å². The van der Waals surface area contributed by atoms with E-state index in [1.54, 1.807) is 23.2 Å². The average Bonchev–Trinajstić information content (AvgIpc) is 3.47. The second-order valence-electron chi connectivity index (χ2n) is 8.21. The maximum absolute atomic E-state index is 12.4. The fourth-order valence-electron chi connectivity index (χ4n) is 3.93. The highest BCUT2D eigenvalue weighted by Gasteiger charge is 2.15. The Bertz CT molecular complexity index is 1500. The molecule has 0 atom stereocenters. The van der Waals surface area contributed by atoms with E-state index in [0.29, 0.717) is 68.3 Å². The lowest BCUT2D eigenvalue weighted by atomic mass is 10.4. The highest BCUT2D eigenvalue weighted by Crippen LogP contribution is 2.06. The molecule has 188 valence electrons. The minimum absolute atomic E-state index is 0.345. The van der Waals surface area contributed by atoms with Crippen molar-refractivity contribution < 1.29 is 9.47 Å². The van der Waals surface area contributed by atoms with Crippen molar-refractivity contribution in [3.8, 4) is 0 Å². The molecule has 0 aliphatic rings. The van der Waals surface area contributed by atoms with Gasteiger partial charge >= 0.3 is 11.4 Å². The van der Waals surface area contributed by atoms with Crippen molar-refractivity contribution in [1.82, 2.24) is 37.4 Å². The number of imidazole rings is 2. The van der Waals surface area contributed by atoms with E-state index in [4.69, 9.17) is 9.47 Å². The predicted molar refractivity (Wildman–Crippen MR) is 127 cm³/mol. The van der Waals surface area contributed by atoms with Crippen LogP contribution in [0.3, 0.4) is 0 Å². The molecule has 4 heterocycles. The minimum atomic E-state index is -0.418. The molecule has 0 bridgehead atoms. The van der Waals surface area contributed by atoms with Crippen molar-refractivity contribution in [1.29, 1.82) is 0 Å². The van der Waals surface area contributed by atoms with Crippen LogP contribution in [0.4, 0.5) is 0 Å². The third-order valence-electron chi connectivity index (χ3n) is 5.96. The fourth-order valence-corrected chi connectivity index (χ4v) is 3.93. The quantitative estimate of drug-likeness (QED) is 0.241. The van der Waals surface area contributed by atoms with Crippen LogP contribution < -0.4 is 22.5 Å². The van der Waals surface area contributed by atoms with Gasteiger partial charge in [-0.25, -0.2) is 19.6 Å². The van der Waals surface area contributed by atoms with Gasteiger partial charge in [-0.05, 0) is 6.42 Å². The van der Waals surface area contributed by atoms with Crippen molar-refractivity contribution in [3.05, 3.63) is 54.3 Å². The maximum Gasteiger partial charge on any atom is 0.332 e. The molecule has 0 radical (unpaired) electrons. The Balaban J connectivity index is 1.21. The zero-order chi connectivity index (χ0) is 25.3. The molecule has 14 heteroatoms. The molecule has 0 spiro atoms. The standard InChI is InChI=1S/C21H28N8O6/c1-24-16-14(18(30)26(3)20(24)32)28(12-22-16)6-10-34-8-5-9-35-11-7-29-13-23-17-15(29)19(31)27(4)21(33)25(17)2/h12-13H,5-11H2,1-4H3. The van der Waals surface area contributed by atoms with E-state index < -0.39 is 11.4 Å². The van der Waals surface area contributed by atoms with Gasteiger partial charge in [0.25, 0.3) is 11.1 Å². The second kappa shape index (κ2) is 9.84. The number of fused-ring (bicyclic) bond motifs is 2. The first kappa shape index (κ1) is 24.3. The lowest BCUT2D eigenvalue weighted by Crippen LogP contribution is -2.37. The zero-order valence-electron chi connectivity index (χ0n) is 20.1. The number of rotatable bonds is 10. The van der Waals surface area contributed by atoms with E-state index in [2.05, 4.69) is 9.97 Å². The van der Waals surface area contributed by atoms with Crippen LogP contribution in [0, 0.1) is 0 Å². The van der Waals surface area contributed by atoms with Gasteiger partial charge in [0.1, 0.15) is 0 Å². The second-order valence-corrected chi connectivity index (χ2v) is 8.21. The van der Waals surface area contributed by atoms with Gasteiger partial charge in [-0.3, -0.25) is 27.9 Å². The third-order valence-corrected chi connectivity index (χ3v) is 5.96. The van der Waals surface area contributed by atoms with Crippen molar-refractivity contribution in [2.75, 3.05) is 26.4 Å². The number of nitrogens with zero attached hydrogens (tertiary/aromatic N) is 8. The molecule has 0 aromatic carbocycles. The van der Waals surface area contributed by atoms with Gasteiger partial charge in [-0.1, -0.05) is 0 Å². The summed E-state index contributed by atoms with van der Waals surface area (Å²) in [6.45, 7) is 2.55. The van der Waals surface area contributed by atoms with E-state index in [9.17, 15) is 19.2 Å². The molecule has 4 rings (SSSR count). The number of ether oxygens (including phenoxy) is 2. The molecule has 0 fully saturated rings. The van der Waals surface area contributed by atoms with E-state index in [1.165, 1.54) is 35.9 Å². The van der Waals surface area contributed by atoms with Crippen molar-refractivity contribution in [2.45, 2.75) is 19.5 Å². The average molecular weight is 489 g/mol. The minimum Gasteiger partial charge on any atom is -0.380 e. The maximum atomic E-state index is 12.4. The molecule has 0 amide bonds. The number of hydrogen-bond acceptors (Lipinski definition) is 8. The first-order valence-electron chi connectivity index (χ1n) is 11.1. The molecule has 4 aromatic heterocycles. The Hall–Kier alpha value is -3.78. The summed E-state index contributed by atoms with van der Waals surface area (Å²) in [5, 5.41) is 0. The molecule has 14 nitrogen and oxygen atoms in total. The van der Waals surface area contributed by atoms with Gasteiger partial charge < -0.3 is 18.6 Å². The molecule has 0 saturated heterocycles. The lowest BCUT2D eigenvalue weighted by Gasteiger charge is -2.09. The summed E-state index contributed by atoms with van der Waals surface area (Å²) in [4.78, 5) is 57.2. The number of hydrogen-bond donors (Lipinski definition) is 0. The van der Waals surface area contributed by atoms with Crippen LogP contribution in [0.5, 0.6) is 0 Å². The Kier molecular flexibility index (Phi) is 6.84. The monoisotopic (exact) mass is 488 g/mol. The van der Waals surface area contributed by atoms with Gasteiger partial charge in [0.05, 0.1) is 25.9 Å². The molecule has 0 aliphatic carbocycles. The van der Waals surface area contributed by atoms with Gasteiger partial charge in [-0.2, -0.15) is 0 Å². The van der Waals surface area contributed by atoms with Crippen LogP contribution in [0.2, 0.25) is 0 Å². The van der Waals surface area contributed by atoms with Crippen LogP contribution in [0.25, 0.3) is 22.3 Å². The zero-order valence-corrected chi connectivity index (χ0v) is 20.1. The van der Waals surface area contributed by atoms with Gasteiger partial charge in [0.2, 0.25) is 0 Å². The van der Waals surface area contributed by atoms with E-state index in [1.807, 2.05) is 0 Å². The topological polar surface area (TPSA) is 142 Å². The largest absolute Gasteiger partial charge is 0.380 e. The van der Waals surface area contributed by atoms with Gasteiger partial charge in [0, 0.05) is 54.5 Å². The summed E-state index contributed by atoms with van der Waals surface area (Å²) in [7, 11) is 6.04. The molecule has 35 heavy (non-hydrogen) atoms. The third kappa shape index (κ3) is 4.37. The molecule has 0 N–H and O–H groups in total. The molecule has 0 aliphatic heterocycles.